The molecule has 1 aromatic heterocycles. The average molecular weight is 320 g/mol. The maximum atomic E-state index is 11.9. The van der Waals surface area contributed by atoms with E-state index in [4.69, 9.17) is 0 Å². The number of anilines is 1. The molecular formula is C13H10BrN3O2. The predicted molar refractivity (Wildman–Crippen MR) is 74.9 cm³/mol. The topological polar surface area (TPSA) is 62.3 Å². The van der Waals surface area contributed by atoms with Crippen LogP contribution in [0.5, 0.6) is 0 Å². The molecule has 1 N–H and O–H groups in total. The van der Waals surface area contributed by atoms with Gasteiger partial charge in [-0.1, -0.05) is 12.1 Å². The minimum absolute atomic E-state index is 0.232. The smallest absolute Gasteiger partial charge is 0.293 e. The van der Waals surface area contributed by atoms with Crippen LogP contribution in [-0.2, 0) is 4.79 Å². The van der Waals surface area contributed by atoms with Crippen molar-refractivity contribution < 1.29 is 9.59 Å². The fourth-order valence-electron chi connectivity index (χ4n) is 2.18. The van der Waals surface area contributed by atoms with E-state index in [1.54, 1.807) is 11.1 Å². The molecule has 0 unspecified atom stereocenters. The number of carbonyl (C=O) groups is 2. The number of hydrogen-bond donors (Lipinski definition) is 1. The van der Waals surface area contributed by atoms with Gasteiger partial charge in [-0.25, -0.2) is 9.78 Å². The second-order valence-corrected chi connectivity index (χ2v) is 4.98. The largest absolute Gasteiger partial charge is 0.328 e. The van der Waals surface area contributed by atoms with Crippen LogP contribution in [0.2, 0.25) is 0 Å². The summed E-state index contributed by atoms with van der Waals surface area (Å²) >= 11 is 3.40. The van der Waals surface area contributed by atoms with Gasteiger partial charge < -0.3 is 0 Å². The first-order valence-corrected chi connectivity index (χ1v) is 6.61. The van der Waals surface area contributed by atoms with E-state index in [1.165, 1.54) is 0 Å². The molecule has 3 rings (SSSR count). The molecular weight excluding hydrogens is 310 g/mol. The van der Waals surface area contributed by atoms with Crippen LogP contribution in [0.15, 0.2) is 35.1 Å². The first kappa shape index (κ1) is 12.1. The summed E-state index contributed by atoms with van der Waals surface area (Å²) in [4.78, 5) is 28.8. The van der Waals surface area contributed by atoms with Gasteiger partial charge in [0.2, 0.25) is 5.91 Å². The van der Waals surface area contributed by atoms with Crippen molar-refractivity contribution in [2.45, 2.75) is 6.42 Å². The zero-order chi connectivity index (χ0) is 13.4. The zero-order valence-electron chi connectivity index (χ0n) is 9.89. The Bertz CT molecular complexity index is 687. The lowest BCUT2D eigenvalue weighted by Crippen LogP contribution is -2.49. The number of benzene rings is 1. The summed E-state index contributed by atoms with van der Waals surface area (Å²) in [5, 5.41) is 4.19. The standard InChI is InChI=1S/C13H10BrN3O2/c14-12-9-2-1-3-10(8(9)4-6-15-12)17-7-5-11(18)16-13(17)19/h1-4,6H,5,7H2,(H,16,18,19). The van der Waals surface area contributed by atoms with E-state index in [1.807, 2.05) is 24.3 Å². The molecule has 0 bridgehead atoms. The summed E-state index contributed by atoms with van der Waals surface area (Å²) in [6.07, 6.45) is 2.00. The Hall–Kier alpha value is -1.95. The number of amides is 3. The lowest BCUT2D eigenvalue weighted by Gasteiger charge is -2.27. The van der Waals surface area contributed by atoms with E-state index >= 15 is 0 Å². The van der Waals surface area contributed by atoms with Crippen molar-refractivity contribution in [2.24, 2.45) is 0 Å². The fraction of sp³-hybridized carbons (Fsp3) is 0.154. The van der Waals surface area contributed by atoms with Crippen molar-refractivity contribution in [3.05, 3.63) is 35.1 Å². The highest BCUT2D eigenvalue weighted by atomic mass is 79.9. The van der Waals surface area contributed by atoms with Gasteiger partial charge in [0.15, 0.2) is 0 Å². The molecule has 2 heterocycles. The quantitative estimate of drug-likeness (QED) is 0.821. The molecule has 0 spiro atoms. The van der Waals surface area contributed by atoms with Gasteiger partial charge in [0.25, 0.3) is 0 Å². The van der Waals surface area contributed by atoms with Gasteiger partial charge >= 0.3 is 6.03 Å². The minimum atomic E-state index is -0.378. The van der Waals surface area contributed by atoms with Crippen molar-refractivity contribution in [1.82, 2.24) is 10.3 Å². The van der Waals surface area contributed by atoms with Gasteiger partial charge in [-0.15, -0.1) is 0 Å². The molecule has 0 atom stereocenters. The van der Waals surface area contributed by atoms with Crippen molar-refractivity contribution in [3.63, 3.8) is 0 Å². The van der Waals surface area contributed by atoms with Crippen LogP contribution < -0.4 is 10.2 Å². The molecule has 1 saturated heterocycles. The number of pyridine rings is 1. The average Bonchev–Trinajstić information content (AvgIpc) is 2.39. The lowest BCUT2D eigenvalue weighted by molar-refractivity contribution is -0.120. The third-order valence-electron chi connectivity index (χ3n) is 3.08. The summed E-state index contributed by atoms with van der Waals surface area (Å²) in [6.45, 7) is 0.393. The number of halogens is 1. The van der Waals surface area contributed by atoms with Crippen molar-refractivity contribution in [3.8, 4) is 0 Å². The molecule has 3 amide bonds. The second kappa shape index (κ2) is 4.62. The molecule has 96 valence electrons. The van der Waals surface area contributed by atoms with Crippen LogP contribution in [0.1, 0.15) is 6.42 Å². The molecule has 2 aromatic rings. The van der Waals surface area contributed by atoms with Gasteiger partial charge in [-0.3, -0.25) is 15.0 Å². The molecule has 0 radical (unpaired) electrons. The molecule has 0 aliphatic carbocycles. The monoisotopic (exact) mass is 319 g/mol. The Morgan fingerprint density at radius 3 is 2.84 bits per heavy atom. The maximum Gasteiger partial charge on any atom is 0.328 e. The number of nitrogens with one attached hydrogen (secondary N) is 1. The number of rotatable bonds is 1. The van der Waals surface area contributed by atoms with Crippen LogP contribution in [0, 0.1) is 0 Å². The summed E-state index contributed by atoms with van der Waals surface area (Å²) in [5.41, 5.74) is 0.783. The number of imide groups is 1. The highest BCUT2D eigenvalue weighted by Crippen LogP contribution is 2.30. The molecule has 1 fully saturated rings. The number of hydrogen-bond acceptors (Lipinski definition) is 3. The SMILES string of the molecule is O=C1CCN(c2cccc3c(Br)nccc23)C(=O)N1. The number of aromatic nitrogens is 1. The summed E-state index contributed by atoms with van der Waals surface area (Å²) in [6, 6.07) is 7.15. The van der Waals surface area contributed by atoms with Gasteiger partial charge in [0, 0.05) is 29.9 Å². The number of nitrogens with zero attached hydrogens (tertiary/aromatic N) is 2. The van der Waals surface area contributed by atoms with Gasteiger partial charge in [-0.2, -0.15) is 0 Å². The number of urea groups is 1. The summed E-state index contributed by atoms with van der Waals surface area (Å²) < 4.78 is 0.736. The van der Waals surface area contributed by atoms with Crippen LogP contribution in [0.3, 0.4) is 0 Å². The summed E-state index contributed by atoms with van der Waals surface area (Å²) in [5.74, 6) is -0.232. The van der Waals surface area contributed by atoms with Crippen molar-refractivity contribution in [1.29, 1.82) is 0 Å². The highest BCUT2D eigenvalue weighted by molar-refractivity contribution is 9.10. The molecule has 1 aliphatic heterocycles. The van der Waals surface area contributed by atoms with Crippen LogP contribution in [0.25, 0.3) is 10.8 Å². The lowest BCUT2D eigenvalue weighted by atomic mass is 10.1. The molecule has 5 nitrogen and oxygen atoms in total. The van der Waals surface area contributed by atoms with E-state index in [-0.39, 0.29) is 11.9 Å². The first-order valence-electron chi connectivity index (χ1n) is 5.81. The predicted octanol–water partition coefficient (Wildman–Crippen LogP) is 2.44. The van der Waals surface area contributed by atoms with Crippen LogP contribution >= 0.6 is 15.9 Å². The van der Waals surface area contributed by atoms with Gasteiger partial charge in [0.05, 0.1) is 5.69 Å². The number of carbonyl (C=O) groups excluding carboxylic acids is 2. The highest BCUT2D eigenvalue weighted by Gasteiger charge is 2.25. The molecule has 1 aromatic carbocycles. The Morgan fingerprint density at radius 1 is 1.21 bits per heavy atom. The van der Waals surface area contributed by atoms with E-state index < -0.39 is 0 Å². The Labute approximate surface area is 117 Å². The zero-order valence-corrected chi connectivity index (χ0v) is 11.5. The molecule has 1 aliphatic rings. The van der Waals surface area contributed by atoms with E-state index in [0.717, 1.165) is 21.1 Å². The first-order chi connectivity index (χ1) is 9.16. The van der Waals surface area contributed by atoms with Crippen molar-refractivity contribution >= 4 is 44.3 Å². The molecule has 19 heavy (non-hydrogen) atoms. The molecule has 6 heteroatoms. The maximum absolute atomic E-state index is 11.9. The van der Waals surface area contributed by atoms with E-state index in [0.29, 0.717) is 13.0 Å². The Morgan fingerprint density at radius 2 is 2.05 bits per heavy atom. The third kappa shape index (κ3) is 2.08. The van der Waals surface area contributed by atoms with Crippen LogP contribution in [0.4, 0.5) is 10.5 Å². The molecule has 0 saturated carbocycles. The van der Waals surface area contributed by atoms with Gasteiger partial charge in [-0.05, 0) is 28.1 Å². The van der Waals surface area contributed by atoms with Gasteiger partial charge in [0.1, 0.15) is 4.60 Å². The third-order valence-corrected chi connectivity index (χ3v) is 3.71. The fourth-order valence-corrected chi connectivity index (χ4v) is 2.65. The van der Waals surface area contributed by atoms with Crippen LogP contribution in [-0.4, -0.2) is 23.5 Å². The van der Waals surface area contributed by atoms with E-state index in [2.05, 4.69) is 26.2 Å². The second-order valence-electron chi connectivity index (χ2n) is 4.23. The number of fused-ring (bicyclic) bond motifs is 1. The van der Waals surface area contributed by atoms with E-state index in [9.17, 15) is 9.59 Å². The minimum Gasteiger partial charge on any atom is -0.293 e. The Balaban J connectivity index is 2.13. The van der Waals surface area contributed by atoms with Crippen molar-refractivity contribution in [2.75, 3.05) is 11.4 Å². The Kier molecular flexibility index (Phi) is 2.94. The normalized spacial score (nSPS) is 15.7. The summed E-state index contributed by atoms with van der Waals surface area (Å²) in [7, 11) is 0.